The molecule has 7 heteroatoms. The van der Waals surface area contributed by atoms with E-state index in [-0.39, 0.29) is 27.4 Å². The third kappa shape index (κ3) is 5.29. The number of anilines is 1. The van der Waals surface area contributed by atoms with Crippen molar-refractivity contribution < 1.29 is 13.2 Å². The second kappa shape index (κ2) is 9.80. The van der Waals surface area contributed by atoms with Crippen molar-refractivity contribution in [2.24, 2.45) is 0 Å². The maximum Gasteiger partial charge on any atom is 0.263 e. The van der Waals surface area contributed by atoms with E-state index in [0.29, 0.717) is 5.69 Å². The second-order valence-corrected chi connectivity index (χ2v) is 11.1. The monoisotopic (exact) mass is 496 g/mol. The molecular weight excluding hydrogens is 468 g/mol. The molecule has 4 rings (SSSR count). The number of benzene rings is 3. The molecule has 1 amide bonds. The van der Waals surface area contributed by atoms with Gasteiger partial charge in [0.05, 0.1) is 16.8 Å². The number of carbonyl (C=O) groups is 1. The lowest BCUT2D eigenvalue weighted by Crippen LogP contribution is -2.27. The second-order valence-electron chi connectivity index (χ2n) is 9.00. The highest BCUT2D eigenvalue weighted by Gasteiger charge is 2.22. The highest BCUT2D eigenvalue weighted by Crippen LogP contribution is 2.28. The molecule has 0 saturated carbocycles. The predicted molar refractivity (Wildman–Crippen MR) is 137 cm³/mol. The minimum absolute atomic E-state index is 0.0524. The number of rotatable bonds is 6. The summed E-state index contributed by atoms with van der Waals surface area (Å²) in [6.07, 6.45) is 4.58. The minimum atomic E-state index is -3.99. The van der Waals surface area contributed by atoms with Gasteiger partial charge in [0, 0.05) is 5.56 Å². The average molecular weight is 497 g/mol. The van der Waals surface area contributed by atoms with Gasteiger partial charge in [-0.2, -0.15) is 0 Å². The van der Waals surface area contributed by atoms with Gasteiger partial charge in [0.2, 0.25) is 0 Å². The first-order chi connectivity index (χ1) is 16.1. The van der Waals surface area contributed by atoms with E-state index >= 15 is 0 Å². The lowest BCUT2D eigenvalue weighted by atomic mass is 9.89. The van der Waals surface area contributed by atoms with Crippen molar-refractivity contribution in [1.82, 2.24) is 5.32 Å². The van der Waals surface area contributed by atoms with Crippen molar-refractivity contribution >= 4 is 33.2 Å². The van der Waals surface area contributed by atoms with Crippen molar-refractivity contribution in [3.05, 3.63) is 93.0 Å². The Hall–Kier alpha value is -2.83. The van der Waals surface area contributed by atoms with Crippen LogP contribution in [-0.4, -0.2) is 14.3 Å². The number of hydrogen-bond donors (Lipinski definition) is 2. The van der Waals surface area contributed by atoms with Crippen molar-refractivity contribution in [2.45, 2.75) is 57.4 Å². The van der Waals surface area contributed by atoms with Gasteiger partial charge >= 0.3 is 0 Å². The molecule has 2 N–H and O–H groups in total. The Kier molecular flexibility index (Phi) is 7.01. The zero-order valence-corrected chi connectivity index (χ0v) is 21.2. The fraction of sp³-hybridized carbons (Fsp3) is 0.296. The molecule has 0 saturated heterocycles. The fourth-order valence-electron chi connectivity index (χ4n) is 4.36. The Balaban J connectivity index is 1.54. The van der Waals surface area contributed by atoms with Gasteiger partial charge in [-0.1, -0.05) is 47.5 Å². The van der Waals surface area contributed by atoms with Crippen LogP contribution in [0.3, 0.4) is 0 Å². The molecule has 1 aliphatic carbocycles. The highest BCUT2D eigenvalue weighted by atomic mass is 35.5. The maximum absolute atomic E-state index is 13.1. The number of carbonyl (C=O) groups excluding carboxylic acids is 1. The summed E-state index contributed by atoms with van der Waals surface area (Å²) in [4.78, 5) is 12.9. The lowest BCUT2D eigenvalue weighted by molar-refractivity contribution is 0.0939. The molecule has 178 valence electrons. The Morgan fingerprint density at radius 3 is 2.41 bits per heavy atom. The summed E-state index contributed by atoms with van der Waals surface area (Å²) in [6.45, 7) is 5.70. The first-order valence-corrected chi connectivity index (χ1v) is 13.3. The van der Waals surface area contributed by atoms with Gasteiger partial charge in [0.15, 0.2) is 0 Å². The zero-order valence-electron chi connectivity index (χ0n) is 19.6. The van der Waals surface area contributed by atoms with Crippen LogP contribution < -0.4 is 10.0 Å². The van der Waals surface area contributed by atoms with Gasteiger partial charge in [0.1, 0.15) is 4.90 Å². The van der Waals surface area contributed by atoms with Crippen LogP contribution in [0.1, 0.15) is 64.0 Å². The van der Waals surface area contributed by atoms with Gasteiger partial charge in [-0.05, 0) is 93.0 Å². The largest absolute Gasteiger partial charge is 0.346 e. The van der Waals surface area contributed by atoms with Crippen LogP contribution in [0.4, 0.5) is 5.69 Å². The van der Waals surface area contributed by atoms with Gasteiger partial charge in [-0.3, -0.25) is 9.52 Å². The van der Waals surface area contributed by atoms with E-state index in [2.05, 4.69) is 28.2 Å². The van der Waals surface area contributed by atoms with Crippen LogP contribution in [0.5, 0.6) is 0 Å². The molecule has 0 unspecified atom stereocenters. The summed E-state index contributed by atoms with van der Waals surface area (Å²) >= 11 is 6.23. The summed E-state index contributed by atoms with van der Waals surface area (Å²) in [5.74, 6) is -0.357. The maximum atomic E-state index is 13.1. The Morgan fingerprint density at radius 2 is 1.68 bits per heavy atom. The summed E-state index contributed by atoms with van der Waals surface area (Å²) in [7, 11) is -3.99. The van der Waals surface area contributed by atoms with E-state index in [4.69, 9.17) is 11.6 Å². The van der Waals surface area contributed by atoms with Gasteiger partial charge < -0.3 is 5.32 Å². The molecule has 5 nitrogen and oxygen atoms in total. The highest BCUT2D eigenvalue weighted by molar-refractivity contribution is 7.92. The Morgan fingerprint density at radius 1 is 0.941 bits per heavy atom. The topological polar surface area (TPSA) is 75.3 Å². The molecule has 1 aliphatic rings. The van der Waals surface area contributed by atoms with Gasteiger partial charge in [-0.15, -0.1) is 0 Å². The first-order valence-electron chi connectivity index (χ1n) is 11.5. The standard InChI is InChI=1S/C27H29ClN2O3S/c1-17-8-13-25(18(2)14-17)30-34(32,33)26-16-23(11-12-24(26)28)27(31)29-19(3)21-10-9-20-6-4-5-7-22(20)15-21/h8-16,19,30H,4-7H2,1-3H3,(H,29,31)/t19-/m1/s1. The third-order valence-electron chi connectivity index (χ3n) is 6.33. The molecule has 0 fully saturated rings. The molecule has 0 heterocycles. The molecular formula is C27H29ClN2O3S. The third-order valence-corrected chi connectivity index (χ3v) is 8.18. The molecule has 1 atom stereocenters. The van der Waals surface area contributed by atoms with Crippen molar-refractivity contribution in [1.29, 1.82) is 0 Å². The van der Waals surface area contributed by atoms with Crippen LogP contribution in [0.25, 0.3) is 0 Å². The molecule has 0 bridgehead atoms. The summed E-state index contributed by atoms with van der Waals surface area (Å²) in [5.41, 5.74) is 6.30. The van der Waals surface area contributed by atoms with Crippen molar-refractivity contribution in [3.63, 3.8) is 0 Å². The number of amides is 1. The number of fused-ring (bicyclic) bond motifs is 1. The fourth-order valence-corrected chi connectivity index (χ4v) is 6.02. The number of nitrogens with one attached hydrogen (secondary N) is 2. The molecule has 3 aromatic rings. The number of hydrogen-bond acceptors (Lipinski definition) is 3. The number of aryl methyl sites for hydroxylation is 4. The van der Waals surface area contributed by atoms with E-state index in [1.165, 1.54) is 42.2 Å². The number of sulfonamides is 1. The predicted octanol–water partition coefficient (Wildman–Crippen LogP) is 6.13. The average Bonchev–Trinajstić information content (AvgIpc) is 2.80. The van der Waals surface area contributed by atoms with Crippen LogP contribution in [-0.2, 0) is 22.9 Å². The van der Waals surface area contributed by atoms with Gasteiger partial charge in [-0.25, -0.2) is 8.42 Å². The Bertz CT molecular complexity index is 1350. The van der Waals surface area contributed by atoms with Gasteiger partial charge in [0.25, 0.3) is 15.9 Å². The summed E-state index contributed by atoms with van der Waals surface area (Å²) in [5, 5.41) is 3.04. The minimum Gasteiger partial charge on any atom is -0.346 e. The molecule has 3 aromatic carbocycles. The van der Waals surface area contributed by atoms with E-state index < -0.39 is 10.0 Å². The molecule has 0 radical (unpaired) electrons. The van der Waals surface area contributed by atoms with E-state index in [0.717, 1.165) is 29.5 Å². The van der Waals surface area contributed by atoms with Crippen LogP contribution in [0.2, 0.25) is 5.02 Å². The summed E-state index contributed by atoms with van der Waals surface area (Å²) in [6, 6.07) is 15.9. The van der Waals surface area contributed by atoms with Crippen LogP contribution >= 0.6 is 11.6 Å². The van der Waals surface area contributed by atoms with Crippen LogP contribution in [0, 0.1) is 13.8 Å². The van der Waals surface area contributed by atoms with Crippen molar-refractivity contribution in [2.75, 3.05) is 4.72 Å². The molecule has 0 spiro atoms. The quantitative estimate of drug-likeness (QED) is 0.431. The smallest absolute Gasteiger partial charge is 0.263 e. The van der Waals surface area contributed by atoms with E-state index in [1.54, 1.807) is 6.07 Å². The first kappa shape index (κ1) is 24.3. The van der Waals surface area contributed by atoms with Crippen molar-refractivity contribution in [3.8, 4) is 0 Å². The normalized spacial score (nSPS) is 14.2. The molecule has 0 aromatic heterocycles. The Labute approximate surface area is 206 Å². The van der Waals surface area contributed by atoms with E-state index in [9.17, 15) is 13.2 Å². The summed E-state index contributed by atoms with van der Waals surface area (Å²) < 4.78 is 28.8. The molecule has 34 heavy (non-hydrogen) atoms. The zero-order chi connectivity index (χ0) is 24.5. The van der Waals surface area contributed by atoms with E-state index in [1.807, 2.05) is 32.9 Å². The van der Waals surface area contributed by atoms with Crippen LogP contribution in [0.15, 0.2) is 59.5 Å². The lowest BCUT2D eigenvalue weighted by Gasteiger charge is -2.20. The SMILES string of the molecule is Cc1ccc(NS(=O)(=O)c2cc(C(=O)N[C@H](C)c3ccc4c(c3)CCCC4)ccc2Cl)c(C)c1. The molecule has 0 aliphatic heterocycles. The number of halogens is 1.